The molecule has 0 aromatic rings. The summed E-state index contributed by atoms with van der Waals surface area (Å²) in [4.78, 5) is 13.3. The van der Waals surface area contributed by atoms with E-state index < -0.39 is 5.97 Å². The van der Waals surface area contributed by atoms with Gasteiger partial charge in [0.05, 0.1) is 12.2 Å². The topological polar surface area (TPSA) is 49.8 Å². The number of carboxylic acid groups (broad SMARTS) is 1. The Kier molecular flexibility index (Phi) is 4.62. The molecule has 4 heteroatoms. The predicted molar refractivity (Wildman–Crippen MR) is 69.6 cm³/mol. The molecule has 2 rings (SSSR count). The van der Waals surface area contributed by atoms with Gasteiger partial charge in [-0.05, 0) is 58.5 Å². The number of aliphatic carboxylic acids is 1. The standard InChI is InChI=1S/C14H25NO3/c1-10-7-13(8-11(2)18-10)15-5-3-12(4-6-15)9-14(16)17/h10-13H,3-9H2,1-2H3,(H,16,17). The summed E-state index contributed by atoms with van der Waals surface area (Å²) in [6, 6.07) is 0.634. The van der Waals surface area contributed by atoms with Gasteiger partial charge in [0.1, 0.15) is 0 Å². The van der Waals surface area contributed by atoms with Crippen molar-refractivity contribution < 1.29 is 14.6 Å². The van der Waals surface area contributed by atoms with Crippen molar-refractivity contribution in [1.82, 2.24) is 4.90 Å². The minimum Gasteiger partial charge on any atom is -0.481 e. The van der Waals surface area contributed by atoms with Gasteiger partial charge in [0, 0.05) is 12.5 Å². The zero-order valence-electron chi connectivity index (χ0n) is 11.5. The van der Waals surface area contributed by atoms with Crippen LogP contribution in [0.1, 0.15) is 46.0 Å². The van der Waals surface area contributed by atoms with Gasteiger partial charge in [-0.15, -0.1) is 0 Å². The van der Waals surface area contributed by atoms with Gasteiger partial charge in [-0.3, -0.25) is 4.79 Å². The van der Waals surface area contributed by atoms with E-state index in [-0.39, 0.29) is 0 Å². The minimum atomic E-state index is -0.651. The molecule has 0 aromatic carbocycles. The van der Waals surface area contributed by atoms with Crippen molar-refractivity contribution in [2.24, 2.45) is 5.92 Å². The Bertz CT molecular complexity index is 277. The summed E-state index contributed by atoms with van der Waals surface area (Å²) < 4.78 is 5.78. The third-order valence-electron chi connectivity index (χ3n) is 4.30. The van der Waals surface area contributed by atoms with Crippen molar-refractivity contribution in [2.45, 2.75) is 64.2 Å². The number of likely N-dealkylation sites (tertiary alicyclic amines) is 1. The number of hydrogen-bond donors (Lipinski definition) is 1. The molecule has 2 heterocycles. The van der Waals surface area contributed by atoms with Crippen LogP contribution in [0.4, 0.5) is 0 Å². The summed E-state index contributed by atoms with van der Waals surface area (Å²) in [6.07, 6.45) is 5.36. The summed E-state index contributed by atoms with van der Waals surface area (Å²) in [7, 11) is 0. The van der Waals surface area contributed by atoms with E-state index in [0.717, 1.165) is 38.8 Å². The average Bonchev–Trinajstić information content (AvgIpc) is 2.27. The van der Waals surface area contributed by atoms with Gasteiger partial charge in [0.2, 0.25) is 0 Å². The first-order valence-electron chi connectivity index (χ1n) is 7.16. The maximum absolute atomic E-state index is 10.7. The van der Waals surface area contributed by atoms with Crippen LogP contribution < -0.4 is 0 Å². The van der Waals surface area contributed by atoms with Crippen molar-refractivity contribution >= 4 is 5.97 Å². The van der Waals surface area contributed by atoms with Gasteiger partial charge >= 0.3 is 5.97 Å². The van der Waals surface area contributed by atoms with Gasteiger partial charge in [0.15, 0.2) is 0 Å². The van der Waals surface area contributed by atoms with Crippen LogP contribution in [0.25, 0.3) is 0 Å². The third-order valence-corrected chi connectivity index (χ3v) is 4.30. The number of carbonyl (C=O) groups is 1. The van der Waals surface area contributed by atoms with Crippen molar-refractivity contribution in [1.29, 1.82) is 0 Å². The van der Waals surface area contributed by atoms with E-state index >= 15 is 0 Å². The first kappa shape index (κ1) is 13.8. The Morgan fingerprint density at radius 3 is 2.28 bits per heavy atom. The van der Waals surface area contributed by atoms with Crippen LogP contribution in [-0.2, 0) is 9.53 Å². The normalized spacial score (nSPS) is 35.6. The Morgan fingerprint density at radius 2 is 1.78 bits per heavy atom. The van der Waals surface area contributed by atoms with Crippen LogP contribution in [0.15, 0.2) is 0 Å². The van der Waals surface area contributed by atoms with Gasteiger partial charge < -0.3 is 14.7 Å². The first-order valence-corrected chi connectivity index (χ1v) is 7.16. The highest BCUT2D eigenvalue weighted by molar-refractivity contribution is 5.67. The lowest BCUT2D eigenvalue weighted by Gasteiger charge is -2.42. The lowest BCUT2D eigenvalue weighted by atomic mass is 9.90. The van der Waals surface area contributed by atoms with Crippen LogP contribution >= 0.6 is 0 Å². The number of piperidine rings is 1. The third kappa shape index (κ3) is 3.69. The molecule has 2 fully saturated rings. The van der Waals surface area contributed by atoms with Crippen LogP contribution in [0.5, 0.6) is 0 Å². The van der Waals surface area contributed by atoms with E-state index in [1.807, 2.05) is 0 Å². The molecule has 2 saturated heterocycles. The van der Waals surface area contributed by atoms with E-state index in [1.54, 1.807) is 0 Å². The number of carboxylic acids is 1. The van der Waals surface area contributed by atoms with Crippen LogP contribution in [0, 0.1) is 5.92 Å². The maximum atomic E-state index is 10.7. The molecule has 2 aliphatic heterocycles. The van der Waals surface area contributed by atoms with E-state index in [0.29, 0.717) is 30.6 Å². The SMILES string of the molecule is CC1CC(N2CCC(CC(=O)O)CC2)CC(C)O1. The highest BCUT2D eigenvalue weighted by Gasteiger charge is 2.31. The number of rotatable bonds is 3. The molecule has 2 aliphatic rings. The zero-order valence-corrected chi connectivity index (χ0v) is 11.5. The highest BCUT2D eigenvalue weighted by Crippen LogP contribution is 2.28. The highest BCUT2D eigenvalue weighted by atomic mass is 16.5. The smallest absolute Gasteiger partial charge is 0.303 e. The molecule has 0 aromatic heterocycles. The summed E-state index contributed by atoms with van der Waals surface area (Å²) in [5, 5.41) is 8.82. The lowest BCUT2D eigenvalue weighted by Crippen LogP contribution is -2.47. The Balaban J connectivity index is 1.80. The van der Waals surface area contributed by atoms with Crippen molar-refractivity contribution in [3.63, 3.8) is 0 Å². The Labute approximate surface area is 109 Å². The summed E-state index contributed by atoms with van der Waals surface area (Å²) >= 11 is 0. The molecule has 2 unspecified atom stereocenters. The molecular weight excluding hydrogens is 230 g/mol. The largest absolute Gasteiger partial charge is 0.481 e. The number of nitrogens with zero attached hydrogens (tertiary/aromatic N) is 1. The molecule has 0 radical (unpaired) electrons. The lowest BCUT2D eigenvalue weighted by molar-refractivity contribution is -0.138. The van der Waals surface area contributed by atoms with E-state index in [1.165, 1.54) is 0 Å². The number of hydrogen-bond acceptors (Lipinski definition) is 3. The Morgan fingerprint density at radius 1 is 1.22 bits per heavy atom. The molecule has 104 valence electrons. The molecule has 0 amide bonds. The van der Waals surface area contributed by atoms with E-state index in [4.69, 9.17) is 9.84 Å². The monoisotopic (exact) mass is 255 g/mol. The second-order valence-corrected chi connectivity index (χ2v) is 5.96. The fourth-order valence-electron chi connectivity index (χ4n) is 3.44. The molecule has 0 spiro atoms. The second-order valence-electron chi connectivity index (χ2n) is 5.96. The molecule has 2 atom stereocenters. The molecule has 4 nitrogen and oxygen atoms in total. The van der Waals surface area contributed by atoms with Gasteiger partial charge in [0.25, 0.3) is 0 Å². The van der Waals surface area contributed by atoms with Crippen LogP contribution in [-0.4, -0.2) is 47.3 Å². The summed E-state index contributed by atoms with van der Waals surface area (Å²) in [6.45, 7) is 6.42. The molecular formula is C14H25NO3. The summed E-state index contributed by atoms with van der Waals surface area (Å²) in [5.41, 5.74) is 0. The van der Waals surface area contributed by atoms with E-state index in [9.17, 15) is 4.79 Å². The summed E-state index contributed by atoms with van der Waals surface area (Å²) in [5.74, 6) is -0.268. The maximum Gasteiger partial charge on any atom is 0.303 e. The fourth-order valence-corrected chi connectivity index (χ4v) is 3.44. The molecule has 0 bridgehead atoms. The second kappa shape index (κ2) is 6.02. The van der Waals surface area contributed by atoms with Gasteiger partial charge in [-0.2, -0.15) is 0 Å². The molecule has 0 aliphatic carbocycles. The molecule has 0 saturated carbocycles. The van der Waals surface area contributed by atoms with Gasteiger partial charge in [-0.1, -0.05) is 0 Å². The first-order chi connectivity index (χ1) is 8.54. The van der Waals surface area contributed by atoms with Crippen molar-refractivity contribution in [3.05, 3.63) is 0 Å². The van der Waals surface area contributed by atoms with Gasteiger partial charge in [-0.25, -0.2) is 0 Å². The van der Waals surface area contributed by atoms with Crippen LogP contribution in [0.3, 0.4) is 0 Å². The average molecular weight is 255 g/mol. The zero-order chi connectivity index (χ0) is 13.1. The number of ether oxygens (including phenoxy) is 1. The molecule has 18 heavy (non-hydrogen) atoms. The van der Waals surface area contributed by atoms with Crippen molar-refractivity contribution in [3.8, 4) is 0 Å². The predicted octanol–water partition coefficient (Wildman–Crippen LogP) is 2.13. The minimum absolute atomic E-state index is 0.342. The van der Waals surface area contributed by atoms with Crippen molar-refractivity contribution in [2.75, 3.05) is 13.1 Å². The quantitative estimate of drug-likeness (QED) is 0.839. The molecule has 1 N–H and O–H groups in total. The Hall–Kier alpha value is -0.610. The fraction of sp³-hybridized carbons (Fsp3) is 0.929. The van der Waals surface area contributed by atoms with Crippen LogP contribution in [0.2, 0.25) is 0 Å². The van der Waals surface area contributed by atoms with E-state index in [2.05, 4.69) is 18.7 Å².